The van der Waals surface area contributed by atoms with Gasteiger partial charge in [0.25, 0.3) is 0 Å². The second-order valence-electron chi connectivity index (χ2n) is 8.26. The van der Waals surface area contributed by atoms with Gasteiger partial charge in [0.2, 0.25) is 5.95 Å². The van der Waals surface area contributed by atoms with Crippen molar-refractivity contribution in [2.45, 2.75) is 31.4 Å². The van der Waals surface area contributed by atoms with Gasteiger partial charge in [-0.05, 0) is 30.2 Å². The molecule has 0 saturated carbocycles. The number of piperazine rings is 1. The predicted octanol–water partition coefficient (Wildman–Crippen LogP) is 4.56. The van der Waals surface area contributed by atoms with Crippen LogP contribution in [0, 0.1) is 0 Å². The van der Waals surface area contributed by atoms with E-state index < -0.39 is 29.7 Å². The maximum Gasteiger partial charge on any atom is 0.433 e. The van der Waals surface area contributed by atoms with Gasteiger partial charge in [0, 0.05) is 56.9 Å². The standard InChI is InChI=1S/C21H22ClF6N5/c22-15-3-1-14(2-4-15)12-31-7-9-32(10-8-31)16-5-6-33(13-16)19-29-17(20(23,24)25)11-18(30-19)21(26,27)28/h1-4,11,16H,5-10,12-13H2/t16-/m0/s1. The van der Waals surface area contributed by atoms with Crippen molar-refractivity contribution in [3.05, 3.63) is 52.3 Å². The summed E-state index contributed by atoms with van der Waals surface area (Å²) in [4.78, 5) is 12.7. The minimum atomic E-state index is -4.99. The summed E-state index contributed by atoms with van der Waals surface area (Å²) in [5.74, 6) is -0.527. The second-order valence-corrected chi connectivity index (χ2v) is 8.70. The van der Waals surface area contributed by atoms with E-state index in [2.05, 4.69) is 19.8 Å². The van der Waals surface area contributed by atoms with Crippen LogP contribution in [0.1, 0.15) is 23.4 Å². The molecular weight excluding hydrogens is 472 g/mol. The molecule has 1 aromatic carbocycles. The monoisotopic (exact) mass is 493 g/mol. The van der Waals surface area contributed by atoms with Gasteiger partial charge in [-0.1, -0.05) is 23.7 Å². The van der Waals surface area contributed by atoms with E-state index >= 15 is 0 Å². The van der Waals surface area contributed by atoms with Crippen molar-refractivity contribution in [3.63, 3.8) is 0 Å². The molecule has 12 heteroatoms. The Bertz CT molecular complexity index is 925. The van der Waals surface area contributed by atoms with Crippen LogP contribution < -0.4 is 4.90 Å². The Morgan fingerprint density at radius 1 is 0.848 bits per heavy atom. The van der Waals surface area contributed by atoms with Crippen LogP contribution in [0.25, 0.3) is 0 Å². The summed E-state index contributed by atoms with van der Waals surface area (Å²) in [5, 5.41) is 0.682. The van der Waals surface area contributed by atoms with Crippen molar-refractivity contribution in [1.29, 1.82) is 0 Å². The number of rotatable bonds is 4. The van der Waals surface area contributed by atoms with Crippen molar-refractivity contribution < 1.29 is 26.3 Å². The number of benzene rings is 1. The molecule has 0 amide bonds. The van der Waals surface area contributed by atoms with E-state index in [4.69, 9.17) is 11.6 Å². The van der Waals surface area contributed by atoms with Gasteiger partial charge in [-0.3, -0.25) is 9.80 Å². The molecule has 2 aliphatic heterocycles. The molecule has 0 spiro atoms. The summed E-state index contributed by atoms with van der Waals surface area (Å²) < 4.78 is 78.6. The molecule has 33 heavy (non-hydrogen) atoms. The fourth-order valence-corrected chi connectivity index (χ4v) is 4.35. The molecule has 2 aliphatic rings. The molecule has 1 aromatic heterocycles. The number of hydrogen-bond donors (Lipinski definition) is 0. The first-order chi connectivity index (χ1) is 15.5. The van der Waals surface area contributed by atoms with Crippen molar-refractivity contribution in [2.75, 3.05) is 44.2 Å². The lowest BCUT2D eigenvalue weighted by Gasteiger charge is -2.38. The Hall–Kier alpha value is -2.11. The van der Waals surface area contributed by atoms with E-state index in [0.29, 0.717) is 18.0 Å². The molecule has 3 heterocycles. The van der Waals surface area contributed by atoms with Gasteiger partial charge in [0.15, 0.2) is 11.4 Å². The summed E-state index contributed by atoms with van der Waals surface area (Å²) in [5.41, 5.74) is -2.01. The fourth-order valence-electron chi connectivity index (χ4n) is 4.22. The third-order valence-electron chi connectivity index (χ3n) is 5.98. The van der Waals surface area contributed by atoms with Crippen LogP contribution in [0.5, 0.6) is 0 Å². The summed E-state index contributed by atoms with van der Waals surface area (Å²) >= 11 is 5.92. The summed E-state index contributed by atoms with van der Waals surface area (Å²) in [6.07, 6.45) is -9.35. The van der Waals surface area contributed by atoms with E-state index in [1.807, 2.05) is 24.3 Å². The Morgan fingerprint density at radius 2 is 1.42 bits per heavy atom. The molecule has 0 radical (unpaired) electrons. The second kappa shape index (κ2) is 9.27. The zero-order valence-electron chi connectivity index (χ0n) is 17.5. The van der Waals surface area contributed by atoms with Gasteiger partial charge < -0.3 is 4.90 Å². The Morgan fingerprint density at radius 3 is 1.97 bits per heavy atom. The number of anilines is 1. The smallest absolute Gasteiger partial charge is 0.339 e. The van der Waals surface area contributed by atoms with Gasteiger partial charge in [-0.2, -0.15) is 26.3 Å². The maximum absolute atomic E-state index is 13.1. The van der Waals surface area contributed by atoms with Crippen LogP contribution in [0.15, 0.2) is 30.3 Å². The topological polar surface area (TPSA) is 35.5 Å². The number of nitrogens with zero attached hydrogens (tertiary/aromatic N) is 5. The molecule has 0 aliphatic carbocycles. The third kappa shape index (κ3) is 5.88. The molecule has 2 aromatic rings. The minimum absolute atomic E-state index is 0.0233. The minimum Gasteiger partial charge on any atom is -0.339 e. The van der Waals surface area contributed by atoms with Gasteiger partial charge >= 0.3 is 12.4 Å². The molecule has 0 unspecified atom stereocenters. The van der Waals surface area contributed by atoms with E-state index in [0.717, 1.165) is 38.3 Å². The highest BCUT2D eigenvalue weighted by atomic mass is 35.5. The Kier molecular flexibility index (Phi) is 6.75. The number of hydrogen-bond acceptors (Lipinski definition) is 5. The first-order valence-electron chi connectivity index (χ1n) is 10.5. The van der Waals surface area contributed by atoms with Crippen molar-refractivity contribution in [2.24, 2.45) is 0 Å². The maximum atomic E-state index is 13.1. The Balaban J connectivity index is 1.38. The molecular formula is C21H22ClF6N5. The van der Waals surface area contributed by atoms with Gasteiger partial charge in [0.05, 0.1) is 0 Å². The first kappa shape index (κ1) is 24.0. The van der Waals surface area contributed by atoms with E-state index in [-0.39, 0.29) is 18.7 Å². The molecule has 0 N–H and O–H groups in total. The van der Waals surface area contributed by atoms with Crippen molar-refractivity contribution in [1.82, 2.24) is 19.8 Å². The van der Waals surface area contributed by atoms with Gasteiger partial charge in [0.1, 0.15) is 0 Å². The van der Waals surface area contributed by atoms with Crippen LogP contribution >= 0.6 is 11.6 Å². The van der Waals surface area contributed by atoms with E-state index in [1.54, 1.807) is 0 Å². The molecule has 0 bridgehead atoms. The lowest BCUT2D eigenvalue weighted by atomic mass is 10.1. The molecule has 2 saturated heterocycles. The lowest BCUT2D eigenvalue weighted by Crippen LogP contribution is -2.50. The Labute approximate surface area is 192 Å². The van der Waals surface area contributed by atoms with E-state index in [9.17, 15) is 26.3 Å². The summed E-state index contributed by atoms with van der Waals surface area (Å²) in [6.45, 7) is 4.55. The van der Waals surface area contributed by atoms with Crippen LogP contribution in [-0.4, -0.2) is 65.1 Å². The number of alkyl halides is 6. The van der Waals surface area contributed by atoms with Crippen molar-refractivity contribution >= 4 is 17.5 Å². The number of aromatic nitrogens is 2. The fraction of sp³-hybridized carbons (Fsp3) is 0.524. The highest BCUT2D eigenvalue weighted by molar-refractivity contribution is 6.30. The highest BCUT2D eigenvalue weighted by Gasteiger charge is 2.41. The van der Waals surface area contributed by atoms with Crippen molar-refractivity contribution in [3.8, 4) is 0 Å². The average Bonchev–Trinajstić information content (AvgIpc) is 3.25. The zero-order chi connectivity index (χ0) is 23.8. The number of halogens is 7. The first-order valence-corrected chi connectivity index (χ1v) is 10.9. The van der Waals surface area contributed by atoms with Crippen LogP contribution in [0.2, 0.25) is 5.02 Å². The van der Waals surface area contributed by atoms with Gasteiger partial charge in [-0.15, -0.1) is 0 Å². The quantitative estimate of drug-likeness (QED) is 0.583. The summed E-state index contributed by atoms with van der Waals surface area (Å²) in [7, 11) is 0. The van der Waals surface area contributed by atoms with Crippen LogP contribution in [0.3, 0.4) is 0 Å². The third-order valence-corrected chi connectivity index (χ3v) is 6.24. The van der Waals surface area contributed by atoms with Crippen LogP contribution in [0.4, 0.5) is 32.3 Å². The highest BCUT2D eigenvalue weighted by Crippen LogP contribution is 2.35. The van der Waals surface area contributed by atoms with E-state index in [1.165, 1.54) is 4.90 Å². The molecule has 5 nitrogen and oxygen atoms in total. The molecule has 1 atom stereocenters. The normalized spacial score (nSPS) is 21.1. The lowest BCUT2D eigenvalue weighted by molar-refractivity contribution is -0.147. The molecule has 180 valence electrons. The molecule has 4 rings (SSSR count). The molecule has 2 fully saturated rings. The van der Waals surface area contributed by atoms with Gasteiger partial charge in [-0.25, -0.2) is 9.97 Å². The largest absolute Gasteiger partial charge is 0.433 e. The SMILES string of the molecule is FC(F)(F)c1cc(C(F)(F)F)nc(N2CC[C@H](N3CCN(Cc4ccc(Cl)cc4)CC3)C2)n1. The van der Waals surface area contributed by atoms with Crippen LogP contribution in [-0.2, 0) is 18.9 Å². The average molecular weight is 494 g/mol. The predicted molar refractivity (Wildman–Crippen MR) is 111 cm³/mol. The summed E-state index contributed by atoms with van der Waals surface area (Å²) in [6, 6.07) is 7.63. The zero-order valence-corrected chi connectivity index (χ0v) is 18.3.